The van der Waals surface area contributed by atoms with E-state index in [4.69, 9.17) is 38.2 Å². The van der Waals surface area contributed by atoms with Crippen LogP contribution in [-0.2, 0) is 20.9 Å². The van der Waals surface area contributed by atoms with Gasteiger partial charge in [-0.1, -0.05) is 11.4 Å². The summed E-state index contributed by atoms with van der Waals surface area (Å²) in [6.07, 6.45) is -0.192. The van der Waals surface area contributed by atoms with Crippen LogP contribution in [0.15, 0.2) is 6.33 Å². The lowest BCUT2D eigenvalue weighted by atomic mass is 10.0. The van der Waals surface area contributed by atoms with Gasteiger partial charge in [0.05, 0.1) is 31.7 Å². The van der Waals surface area contributed by atoms with E-state index in [1.54, 1.807) is 10.9 Å². The molecule has 2 fully saturated rings. The summed E-state index contributed by atoms with van der Waals surface area (Å²) in [5.41, 5.74) is 4.36. The zero-order valence-electron chi connectivity index (χ0n) is 15.9. The number of nitrogens with zero attached hydrogens (tertiary/aromatic N) is 4. The van der Waals surface area contributed by atoms with E-state index in [1.807, 2.05) is 13.8 Å². The summed E-state index contributed by atoms with van der Waals surface area (Å²) >= 11 is 13.1. The Labute approximate surface area is 182 Å². The van der Waals surface area contributed by atoms with Crippen molar-refractivity contribution in [3.05, 3.63) is 11.6 Å². The van der Waals surface area contributed by atoms with Crippen LogP contribution in [0.4, 0.5) is 5.82 Å². The molecule has 0 radical (unpaired) electrons. The Morgan fingerprint density at radius 3 is 2.59 bits per heavy atom. The maximum atomic E-state index is 10.7. The number of hydrogen-bond acceptors (Lipinski definition) is 10. The van der Waals surface area contributed by atoms with Crippen LogP contribution in [0.25, 0.3) is 11.2 Å². The molecule has 2 aromatic heterocycles. The monoisotopic (exact) mass is 479 g/mol. The molecule has 6 atom stereocenters. The van der Waals surface area contributed by atoms with E-state index in [0.717, 1.165) is 0 Å². The molecular weight excluding hydrogens is 457 g/mol. The third-order valence-corrected chi connectivity index (χ3v) is 11.3. The molecule has 0 bridgehead atoms. The van der Waals surface area contributed by atoms with Gasteiger partial charge in [0.2, 0.25) is 11.0 Å². The molecule has 4 N–H and O–H groups in total. The van der Waals surface area contributed by atoms with E-state index < -0.39 is 17.9 Å². The molecule has 29 heavy (non-hydrogen) atoms. The summed E-state index contributed by atoms with van der Waals surface area (Å²) in [5, 5.41) is 21.3. The van der Waals surface area contributed by atoms with Gasteiger partial charge >= 0.3 is 0 Å². The summed E-state index contributed by atoms with van der Waals surface area (Å²) in [6.45, 7) is 4.78. The number of halogens is 1. The Bertz CT molecular complexity index is 955. The zero-order chi connectivity index (χ0) is 20.9. The van der Waals surface area contributed by atoms with Gasteiger partial charge in [-0.3, -0.25) is 0 Å². The lowest BCUT2D eigenvalue weighted by Crippen LogP contribution is -2.33. The summed E-state index contributed by atoms with van der Waals surface area (Å²) in [4.78, 5) is 12.4. The normalized spacial score (nSPS) is 31.3. The van der Waals surface area contributed by atoms with Gasteiger partial charge in [0.1, 0.15) is 11.6 Å². The van der Waals surface area contributed by atoms with Crippen LogP contribution in [0.3, 0.4) is 0 Å². The SMILES string of the molecule is CCOP(=S)(OCC)SC[C@H]1[C@H]2[C@@H](O)[C@@H](O)[C@H](n3cnc4c(N)nc(Cl)nc43)[C@@H]12. The predicted molar refractivity (Wildman–Crippen MR) is 116 cm³/mol. The molecule has 0 aliphatic heterocycles. The molecule has 0 amide bonds. The Balaban J connectivity index is 1.57. The van der Waals surface area contributed by atoms with Crippen molar-refractivity contribution in [1.29, 1.82) is 0 Å². The molecule has 0 unspecified atom stereocenters. The van der Waals surface area contributed by atoms with E-state index in [0.29, 0.717) is 30.1 Å². The van der Waals surface area contributed by atoms with Crippen LogP contribution in [0.1, 0.15) is 19.9 Å². The van der Waals surface area contributed by atoms with Gasteiger partial charge in [0.15, 0.2) is 11.5 Å². The highest BCUT2D eigenvalue weighted by Gasteiger charge is 2.67. The van der Waals surface area contributed by atoms with E-state index in [9.17, 15) is 10.2 Å². The number of hydrogen-bond donors (Lipinski definition) is 3. The fourth-order valence-electron chi connectivity index (χ4n) is 4.35. The van der Waals surface area contributed by atoms with Crippen LogP contribution >= 0.6 is 28.7 Å². The number of nitrogens with two attached hydrogens (primary N) is 1. The largest absolute Gasteiger partial charge is 0.390 e. The van der Waals surface area contributed by atoms with Crippen molar-refractivity contribution in [1.82, 2.24) is 19.5 Å². The van der Waals surface area contributed by atoms with Gasteiger partial charge in [0.25, 0.3) is 0 Å². The first-order valence-electron chi connectivity index (χ1n) is 9.36. The second-order valence-corrected chi connectivity index (χ2v) is 13.8. The molecule has 2 aromatic rings. The average Bonchev–Trinajstić information content (AvgIpc) is 3.10. The molecule has 0 spiro atoms. The van der Waals surface area contributed by atoms with Gasteiger partial charge in [-0.25, -0.2) is 4.98 Å². The molecule has 4 rings (SSSR count). The fourth-order valence-corrected chi connectivity index (χ4v) is 9.50. The lowest BCUT2D eigenvalue weighted by molar-refractivity contribution is -0.00192. The number of rotatable bonds is 8. The number of nitrogen functional groups attached to an aromatic ring is 1. The molecule has 13 heteroatoms. The third kappa shape index (κ3) is 3.80. The van der Waals surface area contributed by atoms with Crippen molar-refractivity contribution in [3.8, 4) is 0 Å². The molecule has 0 saturated heterocycles. The van der Waals surface area contributed by atoms with Gasteiger partial charge in [-0.15, -0.1) is 0 Å². The van der Waals surface area contributed by atoms with Crippen LogP contribution in [0, 0.1) is 17.8 Å². The summed E-state index contributed by atoms with van der Waals surface area (Å²) in [5.74, 6) is 1.09. The minimum Gasteiger partial charge on any atom is -0.390 e. The Kier molecular flexibility index (Phi) is 6.14. The molecule has 0 aromatic carbocycles. The molecule has 2 heterocycles. The van der Waals surface area contributed by atoms with Gasteiger partial charge < -0.3 is 29.6 Å². The quantitative estimate of drug-likeness (QED) is 0.383. The minimum absolute atomic E-state index is 0.0124. The molecule has 2 saturated carbocycles. The highest BCUT2D eigenvalue weighted by atomic mass is 35.5. The first kappa shape index (κ1) is 21.7. The van der Waals surface area contributed by atoms with Crippen LogP contribution < -0.4 is 5.73 Å². The number of fused-ring (bicyclic) bond motifs is 2. The number of aromatic nitrogens is 4. The van der Waals surface area contributed by atoms with Gasteiger partial charge in [-0.2, -0.15) is 9.97 Å². The van der Waals surface area contributed by atoms with E-state index in [2.05, 4.69) is 15.0 Å². The second kappa shape index (κ2) is 8.20. The summed E-state index contributed by atoms with van der Waals surface area (Å²) in [6, 6.07) is -0.381. The molecule has 9 nitrogen and oxygen atoms in total. The fraction of sp³-hybridized carbons (Fsp3) is 0.688. The highest BCUT2D eigenvalue weighted by molar-refractivity contribution is 8.67. The van der Waals surface area contributed by atoms with Crippen LogP contribution in [0.5, 0.6) is 0 Å². The van der Waals surface area contributed by atoms with Crippen LogP contribution in [-0.4, -0.2) is 60.9 Å². The van der Waals surface area contributed by atoms with E-state index in [1.165, 1.54) is 11.4 Å². The summed E-state index contributed by atoms with van der Waals surface area (Å²) in [7, 11) is 0. The van der Waals surface area contributed by atoms with Gasteiger partial charge in [0, 0.05) is 5.75 Å². The van der Waals surface area contributed by atoms with Crippen molar-refractivity contribution < 1.29 is 19.3 Å². The van der Waals surface area contributed by atoms with Crippen molar-refractivity contribution in [3.63, 3.8) is 0 Å². The lowest BCUT2D eigenvalue weighted by Gasteiger charge is -2.25. The smallest absolute Gasteiger partial charge is 0.247 e. The van der Waals surface area contributed by atoms with Crippen molar-refractivity contribution in [2.75, 3.05) is 24.7 Å². The highest BCUT2D eigenvalue weighted by Crippen LogP contribution is 2.68. The Hall–Kier alpha value is -0.520. The van der Waals surface area contributed by atoms with Crippen LogP contribution in [0.2, 0.25) is 5.28 Å². The third-order valence-electron chi connectivity index (χ3n) is 5.52. The van der Waals surface area contributed by atoms with Gasteiger partial charge in [-0.05, 0) is 55.0 Å². The maximum absolute atomic E-state index is 10.7. The standard InChI is InChI=1S/C16H23ClN5O4PS2/c1-3-25-27(28,26-4-2)29-5-7-8-9(7)12(23)13(24)11(8)22-6-19-10-14(18)20-16(17)21-15(10)22/h6-9,11-13,23-24H,3-5H2,1-2H3,(H2,18,20,21)/t7-,8+,9-,11-,12-,13+/m1/s1. The van der Waals surface area contributed by atoms with Crippen molar-refractivity contribution in [2.24, 2.45) is 17.8 Å². The number of anilines is 1. The van der Waals surface area contributed by atoms with Crippen molar-refractivity contribution in [2.45, 2.75) is 32.1 Å². The molecular formula is C16H23ClN5O4PS2. The zero-order valence-corrected chi connectivity index (χ0v) is 19.2. The average molecular weight is 480 g/mol. The first-order chi connectivity index (χ1) is 13.8. The van der Waals surface area contributed by atoms with Crippen molar-refractivity contribution >= 4 is 57.5 Å². The minimum atomic E-state index is -2.41. The first-order valence-corrected chi connectivity index (χ1v) is 14.0. The summed E-state index contributed by atoms with van der Waals surface area (Å²) < 4.78 is 13.1. The molecule has 2 aliphatic rings. The predicted octanol–water partition coefficient (Wildman–Crippen LogP) is 2.23. The van der Waals surface area contributed by atoms with E-state index >= 15 is 0 Å². The second-order valence-electron chi connectivity index (χ2n) is 7.07. The topological polar surface area (TPSA) is 129 Å². The Morgan fingerprint density at radius 2 is 1.93 bits per heavy atom. The maximum Gasteiger partial charge on any atom is 0.247 e. The molecule has 2 aliphatic carbocycles. The number of aliphatic hydroxyl groups excluding tert-OH is 2. The van der Waals surface area contributed by atoms with E-state index in [-0.39, 0.29) is 34.9 Å². The number of imidazole rings is 1. The number of aliphatic hydroxyl groups is 2. The Morgan fingerprint density at radius 1 is 1.24 bits per heavy atom. The molecule has 160 valence electrons.